The molecule has 1 aliphatic rings. The molecule has 0 bridgehead atoms. The number of nitrogens with one attached hydrogen (secondary N) is 2. The fourth-order valence-electron chi connectivity index (χ4n) is 2.06. The molecule has 1 aliphatic heterocycles. The van der Waals surface area contributed by atoms with Crippen LogP contribution in [0.15, 0.2) is 24.3 Å². The number of anilines is 2. The molecular weight excluding hydrogens is 355 g/mol. The van der Waals surface area contributed by atoms with Gasteiger partial charge in [-0.15, -0.1) is 24.8 Å². The van der Waals surface area contributed by atoms with E-state index in [1.54, 1.807) is 31.2 Å². The quantitative estimate of drug-likeness (QED) is 0.712. The van der Waals surface area contributed by atoms with E-state index in [0.717, 1.165) is 13.1 Å². The number of rotatable bonds is 5. The Bertz CT molecular complexity index is 520. The lowest BCUT2D eigenvalue weighted by Crippen LogP contribution is -2.41. The second-order valence-electron chi connectivity index (χ2n) is 5.29. The van der Waals surface area contributed by atoms with Crippen LogP contribution in [0, 0.1) is 0 Å². The Kier molecular flexibility index (Phi) is 10.6. The summed E-state index contributed by atoms with van der Waals surface area (Å²) in [6.07, 6.45) is 0. The number of ether oxygens (including phenoxy) is 1. The van der Waals surface area contributed by atoms with Gasteiger partial charge in [-0.2, -0.15) is 0 Å². The molecule has 1 aromatic rings. The second kappa shape index (κ2) is 11.2. The molecule has 1 aromatic carbocycles. The van der Waals surface area contributed by atoms with Gasteiger partial charge in [-0.25, -0.2) is 0 Å². The Morgan fingerprint density at radius 1 is 1.12 bits per heavy atom. The molecule has 0 aromatic heterocycles. The van der Waals surface area contributed by atoms with Crippen LogP contribution in [0.2, 0.25) is 0 Å². The minimum atomic E-state index is -0.562. The van der Waals surface area contributed by atoms with Gasteiger partial charge in [0, 0.05) is 24.5 Å². The predicted octanol–water partition coefficient (Wildman–Crippen LogP) is 1.09. The number of halogens is 2. The maximum atomic E-state index is 12.0. The number of nitrogens with two attached hydrogens (primary N) is 1. The van der Waals surface area contributed by atoms with Crippen molar-refractivity contribution in [2.24, 2.45) is 5.73 Å². The monoisotopic (exact) mass is 378 g/mol. The predicted molar refractivity (Wildman–Crippen MR) is 99.1 cm³/mol. The van der Waals surface area contributed by atoms with Crippen LogP contribution in [-0.4, -0.2) is 55.6 Å². The fourth-order valence-corrected chi connectivity index (χ4v) is 2.06. The van der Waals surface area contributed by atoms with Crippen LogP contribution in [-0.2, 0) is 14.3 Å². The summed E-state index contributed by atoms with van der Waals surface area (Å²) in [6, 6.07) is 6.38. The normalized spacial score (nSPS) is 15.4. The van der Waals surface area contributed by atoms with Crippen LogP contribution >= 0.6 is 24.8 Å². The Morgan fingerprint density at radius 3 is 2.12 bits per heavy atom. The first-order valence-corrected chi connectivity index (χ1v) is 7.31. The average Bonchev–Trinajstić information content (AvgIpc) is 2.50. The highest BCUT2D eigenvalue weighted by Gasteiger charge is 2.14. The van der Waals surface area contributed by atoms with Crippen LogP contribution in [0.3, 0.4) is 0 Å². The first-order chi connectivity index (χ1) is 10.5. The van der Waals surface area contributed by atoms with E-state index in [9.17, 15) is 9.59 Å². The van der Waals surface area contributed by atoms with Gasteiger partial charge < -0.3 is 21.1 Å². The summed E-state index contributed by atoms with van der Waals surface area (Å²) in [4.78, 5) is 25.5. The largest absolute Gasteiger partial charge is 0.379 e. The lowest BCUT2D eigenvalue weighted by Gasteiger charge is -2.25. The Hall–Kier alpha value is -1.38. The van der Waals surface area contributed by atoms with Crippen LogP contribution in [0.5, 0.6) is 0 Å². The highest BCUT2D eigenvalue weighted by molar-refractivity contribution is 5.95. The fraction of sp³-hybridized carbons (Fsp3) is 0.467. The van der Waals surface area contributed by atoms with Crippen LogP contribution in [0.25, 0.3) is 0 Å². The van der Waals surface area contributed by atoms with E-state index in [4.69, 9.17) is 10.5 Å². The molecule has 2 rings (SSSR count). The van der Waals surface area contributed by atoms with E-state index in [-0.39, 0.29) is 36.6 Å². The zero-order valence-corrected chi connectivity index (χ0v) is 15.1. The standard InChI is InChI=1S/C15H22N4O3.2ClH/c1-11(16)15(21)18-13-4-2-12(3-5-13)17-14(20)10-19-6-8-22-9-7-19;;/h2-5,11H,6-10,16H2,1H3,(H,17,20)(H,18,21);2*1H/t11-;;/m1../s1. The van der Waals surface area contributed by atoms with Crippen molar-refractivity contribution in [2.75, 3.05) is 43.5 Å². The number of amides is 2. The number of carbonyl (C=O) groups is 2. The number of benzene rings is 1. The Morgan fingerprint density at radius 2 is 1.62 bits per heavy atom. The number of morpholine rings is 1. The van der Waals surface area contributed by atoms with Crippen molar-refractivity contribution in [1.82, 2.24) is 4.90 Å². The van der Waals surface area contributed by atoms with Crippen molar-refractivity contribution >= 4 is 48.0 Å². The Labute approximate surface area is 154 Å². The van der Waals surface area contributed by atoms with Crippen molar-refractivity contribution in [3.63, 3.8) is 0 Å². The summed E-state index contributed by atoms with van der Waals surface area (Å²) in [6.45, 7) is 4.86. The molecule has 2 amide bonds. The van der Waals surface area contributed by atoms with Crippen molar-refractivity contribution in [3.05, 3.63) is 24.3 Å². The summed E-state index contributed by atoms with van der Waals surface area (Å²) in [5.74, 6) is -0.307. The zero-order valence-electron chi connectivity index (χ0n) is 13.5. The van der Waals surface area contributed by atoms with Crippen LogP contribution in [0.4, 0.5) is 11.4 Å². The van der Waals surface area contributed by atoms with Gasteiger partial charge in [-0.3, -0.25) is 14.5 Å². The number of carbonyl (C=O) groups excluding carboxylic acids is 2. The highest BCUT2D eigenvalue weighted by Crippen LogP contribution is 2.13. The molecule has 1 fully saturated rings. The van der Waals surface area contributed by atoms with E-state index in [2.05, 4.69) is 15.5 Å². The molecule has 9 heteroatoms. The molecule has 0 unspecified atom stereocenters. The molecule has 1 atom stereocenters. The molecule has 0 spiro atoms. The molecule has 0 radical (unpaired) electrons. The number of hydrogen-bond donors (Lipinski definition) is 3. The first-order valence-electron chi connectivity index (χ1n) is 7.31. The van der Waals surface area contributed by atoms with E-state index in [1.807, 2.05) is 0 Å². The van der Waals surface area contributed by atoms with E-state index in [0.29, 0.717) is 31.1 Å². The molecule has 1 saturated heterocycles. The third kappa shape index (κ3) is 7.46. The minimum absolute atomic E-state index is 0. The lowest BCUT2D eigenvalue weighted by atomic mass is 10.2. The summed E-state index contributed by atoms with van der Waals surface area (Å²) in [5.41, 5.74) is 6.82. The molecule has 4 N–H and O–H groups in total. The van der Waals surface area contributed by atoms with Gasteiger partial charge in [0.05, 0.1) is 25.8 Å². The van der Waals surface area contributed by atoms with E-state index >= 15 is 0 Å². The van der Waals surface area contributed by atoms with Gasteiger partial charge >= 0.3 is 0 Å². The summed E-state index contributed by atoms with van der Waals surface area (Å²) in [7, 11) is 0. The third-order valence-electron chi connectivity index (χ3n) is 3.32. The van der Waals surface area contributed by atoms with Gasteiger partial charge in [0.2, 0.25) is 11.8 Å². The van der Waals surface area contributed by atoms with Crippen molar-refractivity contribution in [3.8, 4) is 0 Å². The van der Waals surface area contributed by atoms with Crippen LogP contribution in [0.1, 0.15) is 6.92 Å². The summed E-state index contributed by atoms with van der Waals surface area (Å²) < 4.78 is 5.24. The number of nitrogens with zero attached hydrogens (tertiary/aromatic N) is 1. The van der Waals surface area contributed by atoms with Gasteiger partial charge in [0.1, 0.15) is 0 Å². The molecule has 1 heterocycles. The lowest BCUT2D eigenvalue weighted by molar-refractivity contribution is -0.118. The van der Waals surface area contributed by atoms with E-state index in [1.165, 1.54) is 0 Å². The molecule has 136 valence electrons. The topological polar surface area (TPSA) is 96.7 Å². The van der Waals surface area contributed by atoms with Gasteiger partial charge in [-0.05, 0) is 31.2 Å². The smallest absolute Gasteiger partial charge is 0.240 e. The maximum Gasteiger partial charge on any atom is 0.240 e. The molecular formula is C15H24Cl2N4O3. The second-order valence-corrected chi connectivity index (χ2v) is 5.29. The van der Waals surface area contributed by atoms with Crippen molar-refractivity contribution < 1.29 is 14.3 Å². The highest BCUT2D eigenvalue weighted by atomic mass is 35.5. The summed E-state index contributed by atoms with van der Waals surface area (Å²) in [5, 5.41) is 5.52. The summed E-state index contributed by atoms with van der Waals surface area (Å²) >= 11 is 0. The van der Waals surface area contributed by atoms with Gasteiger partial charge in [-0.1, -0.05) is 0 Å². The molecule has 24 heavy (non-hydrogen) atoms. The third-order valence-corrected chi connectivity index (χ3v) is 3.32. The number of hydrogen-bond acceptors (Lipinski definition) is 5. The SMILES string of the molecule is C[C@@H](N)C(=O)Nc1ccc(NC(=O)CN2CCOCC2)cc1.Cl.Cl. The minimum Gasteiger partial charge on any atom is -0.379 e. The molecule has 0 saturated carbocycles. The molecule has 7 nitrogen and oxygen atoms in total. The Balaban J connectivity index is 0.00000264. The van der Waals surface area contributed by atoms with E-state index < -0.39 is 6.04 Å². The maximum absolute atomic E-state index is 12.0. The van der Waals surface area contributed by atoms with Gasteiger partial charge in [0.25, 0.3) is 0 Å². The van der Waals surface area contributed by atoms with Gasteiger partial charge in [0.15, 0.2) is 0 Å². The first kappa shape index (κ1) is 22.6. The molecule has 0 aliphatic carbocycles. The van der Waals surface area contributed by atoms with Crippen molar-refractivity contribution in [2.45, 2.75) is 13.0 Å². The van der Waals surface area contributed by atoms with Crippen LogP contribution < -0.4 is 16.4 Å². The van der Waals surface area contributed by atoms with Crippen molar-refractivity contribution in [1.29, 1.82) is 0 Å². The average molecular weight is 379 g/mol. The zero-order chi connectivity index (χ0) is 15.9.